The number of hydrogen-bond acceptors (Lipinski definition) is 5. The van der Waals surface area contributed by atoms with Gasteiger partial charge in [-0.2, -0.15) is 4.98 Å². The summed E-state index contributed by atoms with van der Waals surface area (Å²) in [6, 6.07) is 6.03. The fraction of sp³-hybridized carbons (Fsp3) is 0.267. The molecule has 0 aromatic heterocycles. The van der Waals surface area contributed by atoms with Crippen molar-refractivity contribution in [2.75, 3.05) is 0 Å². The van der Waals surface area contributed by atoms with E-state index in [0.29, 0.717) is 23.0 Å². The van der Waals surface area contributed by atoms with Crippen molar-refractivity contribution in [1.29, 1.82) is 0 Å². The van der Waals surface area contributed by atoms with Gasteiger partial charge in [0.2, 0.25) is 0 Å². The summed E-state index contributed by atoms with van der Waals surface area (Å²) in [5.41, 5.74) is -0.406. The minimum absolute atomic E-state index is 0.0470. The van der Waals surface area contributed by atoms with Gasteiger partial charge < -0.3 is 4.57 Å². The Bertz CT molecular complexity index is 989. The van der Waals surface area contributed by atoms with Gasteiger partial charge in [0.25, 0.3) is 11.2 Å². The van der Waals surface area contributed by atoms with E-state index in [2.05, 4.69) is 9.97 Å². The molecule has 0 atom stereocenters. The number of aromatic amines is 1. The number of aryl methyl sites for hydroxylation is 1. The summed E-state index contributed by atoms with van der Waals surface area (Å²) >= 11 is 0. The predicted molar refractivity (Wildman–Crippen MR) is 84.8 cm³/mol. The molecule has 0 unspecified atom stereocenters. The smallest absolute Gasteiger partial charge is 0.325 e. The second kappa shape index (κ2) is 5.64. The van der Waals surface area contributed by atoms with Crippen molar-refractivity contribution in [3.8, 4) is 11.4 Å². The highest BCUT2D eigenvalue weighted by molar-refractivity contribution is 5.87. The lowest BCUT2D eigenvalue weighted by atomic mass is 10.1. The third-order valence-corrected chi connectivity index (χ3v) is 3.72. The van der Waals surface area contributed by atoms with E-state index < -0.39 is 16.2 Å². The maximum atomic E-state index is 12.0. The van der Waals surface area contributed by atoms with E-state index in [4.69, 9.17) is 0 Å². The Morgan fingerprint density at radius 1 is 1.30 bits per heavy atom. The number of rotatable bonds is 4. The Hall–Kier alpha value is -3.03. The van der Waals surface area contributed by atoms with Crippen molar-refractivity contribution in [2.24, 2.45) is 0 Å². The molecule has 0 saturated carbocycles. The summed E-state index contributed by atoms with van der Waals surface area (Å²) in [4.78, 5) is 40.2. The molecule has 2 heterocycles. The standard InChI is InChI=1S/C15H14N4O4/c1-2-3-6-18-12-8-10(19(22)23)5-4-9(12)7-11-13(18)16-15(21)17-14(11)20/h4-5,7-8H,2-3,6H2,1H3,(H,17,20,21). The van der Waals surface area contributed by atoms with E-state index in [1.807, 2.05) is 6.92 Å². The Morgan fingerprint density at radius 2 is 2.09 bits per heavy atom. The minimum Gasteiger partial charge on any atom is -0.325 e. The molecule has 23 heavy (non-hydrogen) atoms. The number of aromatic nitrogens is 3. The Morgan fingerprint density at radius 3 is 2.78 bits per heavy atom. The Balaban J connectivity index is 2.43. The van der Waals surface area contributed by atoms with Crippen LogP contribution in [0.25, 0.3) is 22.3 Å². The predicted octanol–water partition coefficient (Wildman–Crippen LogP) is 1.90. The summed E-state index contributed by atoms with van der Waals surface area (Å²) in [6.07, 6.45) is 1.69. The molecule has 2 aliphatic rings. The number of nitrogens with one attached hydrogen (secondary N) is 1. The fourth-order valence-corrected chi connectivity index (χ4v) is 2.60. The first kappa shape index (κ1) is 14.9. The second-order valence-electron chi connectivity index (χ2n) is 5.26. The molecule has 1 aromatic rings. The first-order valence-electron chi connectivity index (χ1n) is 7.23. The number of fused-ring (bicyclic) bond motifs is 2. The van der Waals surface area contributed by atoms with E-state index in [9.17, 15) is 19.7 Å². The van der Waals surface area contributed by atoms with Crippen LogP contribution >= 0.6 is 0 Å². The van der Waals surface area contributed by atoms with Crippen LogP contribution in [0.2, 0.25) is 0 Å². The normalized spacial score (nSPS) is 11.2. The molecule has 0 bridgehead atoms. The lowest BCUT2D eigenvalue weighted by Gasteiger charge is -2.16. The molecule has 0 spiro atoms. The van der Waals surface area contributed by atoms with E-state index in [-0.39, 0.29) is 11.5 Å². The number of nitro benzene ring substituents is 1. The van der Waals surface area contributed by atoms with Gasteiger partial charge >= 0.3 is 5.69 Å². The highest BCUT2D eigenvalue weighted by Gasteiger charge is 2.18. The maximum absolute atomic E-state index is 12.0. The molecular formula is C15H14N4O4. The summed E-state index contributed by atoms with van der Waals surface area (Å²) in [5, 5.41) is 11.7. The molecule has 0 radical (unpaired) electrons. The zero-order valence-electron chi connectivity index (χ0n) is 12.4. The van der Waals surface area contributed by atoms with E-state index in [1.54, 1.807) is 16.7 Å². The first-order valence-corrected chi connectivity index (χ1v) is 7.23. The molecule has 8 nitrogen and oxygen atoms in total. The zero-order valence-corrected chi connectivity index (χ0v) is 12.4. The van der Waals surface area contributed by atoms with Crippen molar-refractivity contribution in [2.45, 2.75) is 26.3 Å². The SMILES string of the molecule is CCCCn1c2nc(=O)[nH]c(=O)c-2cc2ccc([N+](=O)[O-])cc21. The molecule has 0 aliphatic carbocycles. The van der Waals surface area contributed by atoms with Crippen LogP contribution in [0.5, 0.6) is 0 Å². The van der Waals surface area contributed by atoms with Crippen molar-refractivity contribution >= 4 is 16.6 Å². The van der Waals surface area contributed by atoms with Gasteiger partial charge in [-0.15, -0.1) is 0 Å². The number of unbranched alkanes of at least 4 members (excludes halogenated alkanes) is 1. The molecule has 0 fully saturated rings. The summed E-state index contributed by atoms with van der Waals surface area (Å²) in [6.45, 7) is 2.52. The molecule has 1 N–H and O–H groups in total. The number of nitrogens with zero attached hydrogens (tertiary/aromatic N) is 3. The lowest BCUT2D eigenvalue weighted by molar-refractivity contribution is -0.384. The van der Waals surface area contributed by atoms with Crippen LogP contribution in [-0.4, -0.2) is 19.5 Å². The van der Waals surface area contributed by atoms with Crippen LogP contribution < -0.4 is 11.2 Å². The number of hydrogen-bond donors (Lipinski definition) is 1. The van der Waals surface area contributed by atoms with E-state index in [1.165, 1.54) is 12.1 Å². The zero-order chi connectivity index (χ0) is 16.6. The molecule has 2 aliphatic heterocycles. The van der Waals surface area contributed by atoms with Crippen LogP contribution in [0.4, 0.5) is 5.69 Å². The quantitative estimate of drug-likeness (QED) is 0.449. The summed E-state index contributed by atoms with van der Waals surface area (Å²) in [5.74, 6) is 0.250. The second-order valence-corrected chi connectivity index (χ2v) is 5.26. The maximum Gasteiger partial charge on any atom is 0.349 e. The van der Waals surface area contributed by atoms with Gasteiger partial charge in [-0.3, -0.25) is 19.9 Å². The molecule has 0 saturated heterocycles. The fourth-order valence-electron chi connectivity index (χ4n) is 2.60. The molecule has 8 heteroatoms. The summed E-state index contributed by atoms with van der Waals surface area (Å²) < 4.78 is 1.71. The molecule has 0 amide bonds. The van der Waals surface area contributed by atoms with Crippen molar-refractivity contribution in [1.82, 2.24) is 14.5 Å². The van der Waals surface area contributed by atoms with Gasteiger partial charge in [-0.05, 0) is 23.9 Å². The average molecular weight is 314 g/mol. The van der Waals surface area contributed by atoms with Crippen molar-refractivity contribution in [3.05, 3.63) is 55.2 Å². The van der Waals surface area contributed by atoms with Crippen LogP contribution in [0, 0.1) is 10.1 Å². The summed E-state index contributed by atoms with van der Waals surface area (Å²) in [7, 11) is 0. The Labute approximate surface area is 129 Å². The third kappa shape index (κ3) is 2.59. The van der Waals surface area contributed by atoms with E-state index >= 15 is 0 Å². The van der Waals surface area contributed by atoms with Crippen LogP contribution in [0.1, 0.15) is 19.8 Å². The van der Waals surface area contributed by atoms with Crippen LogP contribution in [0.15, 0.2) is 33.9 Å². The first-order chi connectivity index (χ1) is 11.0. The number of non-ortho nitro benzene ring substituents is 1. The van der Waals surface area contributed by atoms with Gasteiger partial charge in [0.1, 0.15) is 0 Å². The topological polar surface area (TPSA) is 111 Å². The van der Waals surface area contributed by atoms with Gasteiger partial charge in [-0.25, -0.2) is 4.79 Å². The molecule has 3 rings (SSSR count). The van der Waals surface area contributed by atoms with Crippen molar-refractivity contribution in [3.63, 3.8) is 0 Å². The lowest BCUT2D eigenvalue weighted by Crippen LogP contribution is -2.27. The average Bonchev–Trinajstić information content (AvgIpc) is 2.51. The van der Waals surface area contributed by atoms with Gasteiger partial charge in [0.05, 0.1) is 16.0 Å². The highest BCUT2D eigenvalue weighted by Crippen LogP contribution is 2.27. The van der Waals surface area contributed by atoms with Crippen LogP contribution in [0.3, 0.4) is 0 Å². The minimum atomic E-state index is -0.725. The molecule has 1 aromatic carbocycles. The number of benzene rings is 1. The van der Waals surface area contributed by atoms with Gasteiger partial charge in [-0.1, -0.05) is 13.3 Å². The monoisotopic (exact) mass is 314 g/mol. The van der Waals surface area contributed by atoms with Crippen molar-refractivity contribution < 1.29 is 4.92 Å². The van der Waals surface area contributed by atoms with E-state index in [0.717, 1.165) is 12.8 Å². The van der Waals surface area contributed by atoms with Crippen LogP contribution in [-0.2, 0) is 6.54 Å². The number of pyridine rings is 1. The molecule has 118 valence electrons. The number of nitro groups is 1. The van der Waals surface area contributed by atoms with Gasteiger partial charge in [0, 0.05) is 18.7 Å². The van der Waals surface area contributed by atoms with Gasteiger partial charge in [0.15, 0.2) is 5.82 Å². The largest absolute Gasteiger partial charge is 0.349 e. The Kier molecular flexibility index (Phi) is 3.65. The third-order valence-electron chi connectivity index (χ3n) is 3.72. The molecular weight excluding hydrogens is 300 g/mol. The number of H-pyrrole nitrogens is 1. The highest BCUT2D eigenvalue weighted by atomic mass is 16.6.